The first kappa shape index (κ1) is 17.0. The predicted molar refractivity (Wildman–Crippen MR) is 90.3 cm³/mol. The van der Waals surface area contributed by atoms with E-state index in [1.165, 1.54) is 18.2 Å². The van der Waals surface area contributed by atoms with Crippen LogP contribution in [0.25, 0.3) is 0 Å². The third-order valence-electron chi connectivity index (χ3n) is 3.86. The molecule has 6 heteroatoms. The topological polar surface area (TPSA) is 64.6 Å². The minimum atomic E-state index is -0.788. The van der Waals surface area contributed by atoms with Gasteiger partial charge in [0.15, 0.2) is 11.5 Å². The highest BCUT2D eigenvalue weighted by atomic mass is 19.1. The molecule has 0 radical (unpaired) electrons. The number of para-hydroxylation sites is 2. The number of anilines is 1. The SMILES string of the molecule is CCCOc1ccccc1OC(=O)[C@@H]1CC(=O)Nc2cc(F)ccc21. The van der Waals surface area contributed by atoms with E-state index in [0.29, 0.717) is 29.4 Å². The number of amides is 1. The first-order chi connectivity index (χ1) is 12.1. The van der Waals surface area contributed by atoms with Crippen LogP contribution in [0.3, 0.4) is 0 Å². The summed E-state index contributed by atoms with van der Waals surface area (Å²) in [5.74, 6) is -1.42. The molecular formula is C19H18FNO4. The Kier molecular flexibility index (Phi) is 4.97. The molecule has 130 valence electrons. The third kappa shape index (κ3) is 3.79. The van der Waals surface area contributed by atoms with Crippen LogP contribution in [-0.2, 0) is 9.59 Å². The molecule has 5 nitrogen and oxygen atoms in total. The summed E-state index contributed by atoms with van der Waals surface area (Å²) in [4.78, 5) is 24.5. The van der Waals surface area contributed by atoms with Crippen LogP contribution < -0.4 is 14.8 Å². The summed E-state index contributed by atoms with van der Waals surface area (Å²) in [6.45, 7) is 2.48. The number of hydrogen-bond donors (Lipinski definition) is 1. The van der Waals surface area contributed by atoms with Crippen LogP contribution >= 0.6 is 0 Å². The smallest absolute Gasteiger partial charge is 0.319 e. The number of nitrogens with one attached hydrogen (secondary N) is 1. The Morgan fingerprint density at radius 2 is 2.00 bits per heavy atom. The first-order valence-corrected chi connectivity index (χ1v) is 8.11. The zero-order chi connectivity index (χ0) is 17.8. The van der Waals surface area contributed by atoms with Gasteiger partial charge in [-0.2, -0.15) is 0 Å². The van der Waals surface area contributed by atoms with E-state index >= 15 is 0 Å². The maximum Gasteiger partial charge on any atom is 0.319 e. The molecule has 0 bridgehead atoms. The van der Waals surface area contributed by atoms with Gasteiger partial charge in [0.1, 0.15) is 5.82 Å². The van der Waals surface area contributed by atoms with Gasteiger partial charge in [0, 0.05) is 12.1 Å². The van der Waals surface area contributed by atoms with E-state index in [2.05, 4.69) is 5.32 Å². The second-order valence-electron chi connectivity index (χ2n) is 5.75. The highest BCUT2D eigenvalue weighted by Crippen LogP contribution is 2.35. The van der Waals surface area contributed by atoms with Crippen molar-refractivity contribution < 1.29 is 23.5 Å². The Morgan fingerprint density at radius 3 is 2.76 bits per heavy atom. The fraction of sp³-hybridized carbons (Fsp3) is 0.263. The average molecular weight is 343 g/mol. The van der Waals surface area contributed by atoms with E-state index in [0.717, 1.165) is 6.42 Å². The van der Waals surface area contributed by atoms with Crippen molar-refractivity contribution in [3.63, 3.8) is 0 Å². The van der Waals surface area contributed by atoms with Crippen LogP contribution in [-0.4, -0.2) is 18.5 Å². The number of ether oxygens (including phenoxy) is 2. The minimum Gasteiger partial charge on any atom is -0.490 e. The van der Waals surface area contributed by atoms with Gasteiger partial charge in [-0.25, -0.2) is 4.39 Å². The number of carbonyl (C=O) groups excluding carboxylic acids is 2. The maximum atomic E-state index is 13.4. The number of halogens is 1. The predicted octanol–water partition coefficient (Wildman–Crippen LogP) is 3.65. The molecule has 1 heterocycles. The zero-order valence-corrected chi connectivity index (χ0v) is 13.8. The molecule has 0 aromatic heterocycles. The van der Waals surface area contributed by atoms with Crippen molar-refractivity contribution in [1.29, 1.82) is 0 Å². The Labute approximate surface area is 144 Å². The van der Waals surface area contributed by atoms with Crippen molar-refractivity contribution in [2.45, 2.75) is 25.7 Å². The summed E-state index contributed by atoms with van der Waals surface area (Å²) in [7, 11) is 0. The summed E-state index contributed by atoms with van der Waals surface area (Å²) >= 11 is 0. The summed E-state index contributed by atoms with van der Waals surface area (Å²) in [5.41, 5.74) is 0.840. The molecule has 0 saturated carbocycles. The minimum absolute atomic E-state index is 0.0462. The van der Waals surface area contributed by atoms with Gasteiger partial charge in [-0.15, -0.1) is 0 Å². The lowest BCUT2D eigenvalue weighted by Gasteiger charge is -2.24. The lowest BCUT2D eigenvalue weighted by atomic mass is 9.90. The molecule has 2 aromatic carbocycles. The molecular weight excluding hydrogens is 325 g/mol. The molecule has 0 saturated heterocycles. The van der Waals surface area contributed by atoms with Gasteiger partial charge >= 0.3 is 5.97 Å². The van der Waals surface area contributed by atoms with Gasteiger partial charge in [0.25, 0.3) is 0 Å². The Bertz CT molecular complexity index is 806. The fourth-order valence-corrected chi connectivity index (χ4v) is 2.69. The van der Waals surface area contributed by atoms with Crippen LogP contribution in [0.4, 0.5) is 10.1 Å². The molecule has 25 heavy (non-hydrogen) atoms. The van der Waals surface area contributed by atoms with Gasteiger partial charge in [0.2, 0.25) is 5.91 Å². The van der Waals surface area contributed by atoms with E-state index in [4.69, 9.17) is 9.47 Å². The van der Waals surface area contributed by atoms with Crippen molar-refractivity contribution in [2.75, 3.05) is 11.9 Å². The number of rotatable bonds is 5. The number of fused-ring (bicyclic) bond motifs is 1. The van der Waals surface area contributed by atoms with Crippen LogP contribution in [0.2, 0.25) is 0 Å². The zero-order valence-electron chi connectivity index (χ0n) is 13.8. The van der Waals surface area contributed by atoms with Crippen LogP contribution in [0.5, 0.6) is 11.5 Å². The van der Waals surface area contributed by atoms with Gasteiger partial charge < -0.3 is 14.8 Å². The van der Waals surface area contributed by atoms with E-state index in [-0.39, 0.29) is 12.3 Å². The molecule has 0 unspecified atom stereocenters. The van der Waals surface area contributed by atoms with E-state index < -0.39 is 17.7 Å². The maximum absolute atomic E-state index is 13.4. The quantitative estimate of drug-likeness (QED) is 0.665. The highest BCUT2D eigenvalue weighted by Gasteiger charge is 2.32. The monoisotopic (exact) mass is 343 g/mol. The number of hydrogen-bond acceptors (Lipinski definition) is 4. The van der Waals surface area contributed by atoms with Crippen molar-refractivity contribution in [1.82, 2.24) is 0 Å². The van der Waals surface area contributed by atoms with E-state index in [1.54, 1.807) is 24.3 Å². The van der Waals surface area contributed by atoms with Gasteiger partial charge in [-0.3, -0.25) is 9.59 Å². The Morgan fingerprint density at radius 1 is 1.24 bits per heavy atom. The molecule has 1 aliphatic heterocycles. The number of esters is 1. The molecule has 3 rings (SSSR count). The molecule has 1 N–H and O–H groups in total. The van der Waals surface area contributed by atoms with Crippen LogP contribution in [0.15, 0.2) is 42.5 Å². The van der Waals surface area contributed by atoms with Crippen LogP contribution in [0.1, 0.15) is 31.2 Å². The number of benzene rings is 2. The standard InChI is InChI=1S/C19H18FNO4/c1-2-9-24-16-5-3-4-6-17(16)25-19(23)14-11-18(22)21-15-10-12(20)7-8-13(14)15/h3-8,10,14H,2,9,11H2,1H3,(H,21,22)/t14-/m1/s1. The lowest BCUT2D eigenvalue weighted by Crippen LogP contribution is -2.30. The molecule has 2 aromatic rings. The molecule has 1 amide bonds. The molecule has 1 atom stereocenters. The first-order valence-electron chi connectivity index (χ1n) is 8.11. The molecule has 0 spiro atoms. The van der Waals surface area contributed by atoms with E-state index in [9.17, 15) is 14.0 Å². The van der Waals surface area contributed by atoms with Gasteiger partial charge in [-0.05, 0) is 36.2 Å². The Balaban J connectivity index is 1.84. The summed E-state index contributed by atoms with van der Waals surface area (Å²) in [6.07, 6.45) is 0.777. The number of carbonyl (C=O) groups is 2. The molecule has 0 aliphatic carbocycles. The van der Waals surface area contributed by atoms with Crippen molar-refractivity contribution >= 4 is 17.6 Å². The molecule has 0 fully saturated rings. The van der Waals surface area contributed by atoms with Gasteiger partial charge in [0.05, 0.1) is 12.5 Å². The average Bonchev–Trinajstić information content (AvgIpc) is 2.59. The largest absolute Gasteiger partial charge is 0.490 e. The highest BCUT2D eigenvalue weighted by molar-refractivity contribution is 6.00. The van der Waals surface area contributed by atoms with Crippen molar-refractivity contribution in [3.05, 3.63) is 53.8 Å². The van der Waals surface area contributed by atoms with Crippen molar-refractivity contribution in [2.24, 2.45) is 0 Å². The summed E-state index contributed by atoms with van der Waals surface area (Å²) in [6, 6.07) is 10.8. The second-order valence-corrected chi connectivity index (χ2v) is 5.75. The molecule has 1 aliphatic rings. The lowest BCUT2D eigenvalue weighted by molar-refractivity contribution is -0.138. The van der Waals surface area contributed by atoms with Crippen LogP contribution in [0, 0.1) is 5.82 Å². The van der Waals surface area contributed by atoms with Gasteiger partial charge in [-0.1, -0.05) is 25.1 Å². The fourth-order valence-electron chi connectivity index (χ4n) is 2.69. The summed E-state index contributed by atoms with van der Waals surface area (Å²) < 4.78 is 24.4. The Hall–Kier alpha value is -2.89. The third-order valence-corrected chi connectivity index (χ3v) is 3.86. The van der Waals surface area contributed by atoms with Crippen molar-refractivity contribution in [3.8, 4) is 11.5 Å². The summed E-state index contributed by atoms with van der Waals surface area (Å²) in [5, 5.41) is 2.58. The second kappa shape index (κ2) is 7.34. The normalized spacial score (nSPS) is 15.9. The van der Waals surface area contributed by atoms with E-state index in [1.807, 2.05) is 6.92 Å².